The molecule has 5 nitrogen and oxygen atoms in total. The molecular formula is C16H18N2O3. The van der Waals surface area contributed by atoms with Crippen LogP contribution in [0.5, 0.6) is 5.75 Å². The highest BCUT2D eigenvalue weighted by Crippen LogP contribution is 2.42. The van der Waals surface area contributed by atoms with Gasteiger partial charge in [-0.05, 0) is 31.9 Å². The standard InChI is InChI=1S/C16H18N2O3/c1-3-21-16(19)14-10-17-18(15(14)11-7-8-11)12-5-4-6-13(9-12)20-2/h4-6,9-11H,3,7-8H2,1-2H3. The summed E-state index contributed by atoms with van der Waals surface area (Å²) in [6, 6.07) is 7.66. The first-order valence-electron chi connectivity index (χ1n) is 7.14. The highest BCUT2D eigenvalue weighted by atomic mass is 16.5. The van der Waals surface area contributed by atoms with Crippen molar-refractivity contribution >= 4 is 5.97 Å². The minimum atomic E-state index is -0.298. The first-order valence-corrected chi connectivity index (χ1v) is 7.14. The molecule has 1 heterocycles. The molecule has 0 amide bonds. The summed E-state index contributed by atoms with van der Waals surface area (Å²) in [5.41, 5.74) is 2.41. The van der Waals surface area contributed by atoms with Crippen LogP contribution in [0.25, 0.3) is 5.69 Å². The molecule has 1 saturated carbocycles. The highest BCUT2D eigenvalue weighted by molar-refractivity contribution is 5.91. The summed E-state index contributed by atoms with van der Waals surface area (Å²) in [6.45, 7) is 2.18. The number of aromatic nitrogens is 2. The van der Waals surface area contributed by atoms with E-state index in [4.69, 9.17) is 9.47 Å². The van der Waals surface area contributed by atoms with Crippen molar-refractivity contribution in [3.8, 4) is 11.4 Å². The van der Waals surface area contributed by atoms with E-state index in [2.05, 4.69) is 5.10 Å². The summed E-state index contributed by atoms with van der Waals surface area (Å²) in [5.74, 6) is 0.856. The zero-order chi connectivity index (χ0) is 14.8. The molecule has 1 aromatic carbocycles. The molecular weight excluding hydrogens is 268 g/mol. The lowest BCUT2D eigenvalue weighted by molar-refractivity contribution is 0.0525. The van der Waals surface area contributed by atoms with Gasteiger partial charge in [0.1, 0.15) is 11.3 Å². The minimum Gasteiger partial charge on any atom is -0.497 e. The predicted octanol–water partition coefficient (Wildman–Crippen LogP) is 2.94. The molecule has 2 aromatic rings. The van der Waals surface area contributed by atoms with Gasteiger partial charge in [0, 0.05) is 12.0 Å². The van der Waals surface area contributed by atoms with Gasteiger partial charge in [-0.1, -0.05) is 6.07 Å². The van der Waals surface area contributed by atoms with Gasteiger partial charge in [-0.2, -0.15) is 5.10 Å². The van der Waals surface area contributed by atoms with E-state index in [0.29, 0.717) is 18.1 Å². The van der Waals surface area contributed by atoms with Crippen molar-refractivity contribution in [3.63, 3.8) is 0 Å². The normalized spacial score (nSPS) is 14.0. The van der Waals surface area contributed by atoms with Gasteiger partial charge in [0.25, 0.3) is 0 Å². The number of carbonyl (C=O) groups is 1. The SMILES string of the molecule is CCOC(=O)c1cnn(-c2cccc(OC)c2)c1C1CC1. The fourth-order valence-electron chi connectivity index (χ4n) is 2.42. The zero-order valence-corrected chi connectivity index (χ0v) is 12.2. The second-order valence-electron chi connectivity index (χ2n) is 5.05. The number of nitrogens with zero attached hydrogens (tertiary/aromatic N) is 2. The molecule has 0 aliphatic heterocycles. The number of benzene rings is 1. The van der Waals surface area contributed by atoms with Crippen molar-refractivity contribution < 1.29 is 14.3 Å². The molecule has 0 saturated heterocycles. The molecule has 21 heavy (non-hydrogen) atoms. The third-order valence-electron chi connectivity index (χ3n) is 3.56. The summed E-state index contributed by atoms with van der Waals surface area (Å²) in [7, 11) is 1.63. The van der Waals surface area contributed by atoms with E-state index < -0.39 is 0 Å². The van der Waals surface area contributed by atoms with Crippen LogP contribution in [0, 0.1) is 0 Å². The van der Waals surface area contributed by atoms with Crippen LogP contribution in [0.1, 0.15) is 41.7 Å². The van der Waals surface area contributed by atoms with Crippen molar-refractivity contribution in [1.82, 2.24) is 9.78 Å². The Labute approximate surface area is 123 Å². The van der Waals surface area contributed by atoms with E-state index >= 15 is 0 Å². The maximum atomic E-state index is 12.1. The lowest BCUT2D eigenvalue weighted by Gasteiger charge is -2.10. The molecule has 0 bridgehead atoms. The maximum absolute atomic E-state index is 12.1. The number of ether oxygens (including phenoxy) is 2. The first-order chi connectivity index (χ1) is 10.2. The van der Waals surface area contributed by atoms with Gasteiger partial charge in [0.05, 0.1) is 31.3 Å². The molecule has 0 radical (unpaired) electrons. The molecule has 1 fully saturated rings. The van der Waals surface area contributed by atoms with Crippen LogP contribution < -0.4 is 4.74 Å². The quantitative estimate of drug-likeness (QED) is 0.793. The van der Waals surface area contributed by atoms with Crippen molar-refractivity contribution in [2.24, 2.45) is 0 Å². The van der Waals surface area contributed by atoms with E-state index in [0.717, 1.165) is 30.0 Å². The third-order valence-corrected chi connectivity index (χ3v) is 3.56. The largest absolute Gasteiger partial charge is 0.497 e. The van der Waals surface area contributed by atoms with Gasteiger partial charge >= 0.3 is 5.97 Å². The Kier molecular flexibility index (Phi) is 3.64. The van der Waals surface area contributed by atoms with Gasteiger partial charge in [0.15, 0.2) is 0 Å². The fraction of sp³-hybridized carbons (Fsp3) is 0.375. The molecule has 1 aromatic heterocycles. The van der Waals surface area contributed by atoms with E-state index in [1.54, 1.807) is 20.2 Å². The van der Waals surface area contributed by atoms with Crippen LogP contribution >= 0.6 is 0 Å². The Bertz CT molecular complexity index is 659. The molecule has 5 heteroatoms. The van der Waals surface area contributed by atoms with Crippen LogP contribution in [0.2, 0.25) is 0 Å². The lowest BCUT2D eigenvalue weighted by Crippen LogP contribution is -2.09. The number of methoxy groups -OCH3 is 1. The summed E-state index contributed by atoms with van der Waals surface area (Å²) < 4.78 is 12.2. The molecule has 0 spiro atoms. The Hall–Kier alpha value is -2.30. The molecule has 0 N–H and O–H groups in total. The number of hydrogen-bond acceptors (Lipinski definition) is 4. The van der Waals surface area contributed by atoms with Gasteiger partial charge in [-0.3, -0.25) is 0 Å². The van der Waals surface area contributed by atoms with E-state index in [1.165, 1.54) is 0 Å². The smallest absolute Gasteiger partial charge is 0.341 e. The van der Waals surface area contributed by atoms with Gasteiger partial charge in [-0.25, -0.2) is 9.48 Å². The average molecular weight is 286 g/mol. The molecule has 1 aliphatic rings. The van der Waals surface area contributed by atoms with Gasteiger partial charge < -0.3 is 9.47 Å². The molecule has 0 unspecified atom stereocenters. The van der Waals surface area contributed by atoms with Crippen molar-refractivity contribution in [1.29, 1.82) is 0 Å². The number of rotatable bonds is 5. The van der Waals surface area contributed by atoms with Crippen molar-refractivity contribution in [2.45, 2.75) is 25.7 Å². The molecule has 0 atom stereocenters. The Morgan fingerprint density at radius 1 is 1.43 bits per heavy atom. The molecule has 1 aliphatic carbocycles. The maximum Gasteiger partial charge on any atom is 0.341 e. The van der Waals surface area contributed by atoms with Crippen LogP contribution in [0.15, 0.2) is 30.5 Å². The third kappa shape index (κ3) is 2.63. The van der Waals surface area contributed by atoms with E-state index in [9.17, 15) is 4.79 Å². The zero-order valence-electron chi connectivity index (χ0n) is 12.2. The Morgan fingerprint density at radius 3 is 2.90 bits per heavy atom. The van der Waals surface area contributed by atoms with Crippen molar-refractivity contribution in [3.05, 3.63) is 41.7 Å². The number of esters is 1. The Balaban J connectivity index is 2.04. The van der Waals surface area contributed by atoms with Gasteiger partial charge in [-0.15, -0.1) is 0 Å². The van der Waals surface area contributed by atoms with Crippen LogP contribution in [-0.4, -0.2) is 29.5 Å². The van der Waals surface area contributed by atoms with E-state index in [-0.39, 0.29) is 5.97 Å². The molecule has 110 valence electrons. The second kappa shape index (κ2) is 5.60. The number of carbonyl (C=O) groups excluding carboxylic acids is 1. The lowest BCUT2D eigenvalue weighted by atomic mass is 10.1. The van der Waals surface area contributed by atoms with E-state index in [1.807, 2.05) is 28.9 Å². The predicted molar refractivity (Wildman–Crippen MR) is 78.0 cm³/mol. The fourth-order valence-corrected chi connectivity index (χ4v) is 2.42. The number of hydrogen-bond donors (Lipinski definition) is 0. The Morgan fingerprint density at radius 2 is 2.24 bits per heavy atom. The van der Waals surface area contributed by atoms with Crippen LogP contribution in [0.4, 0.5) is 0 Å². The summed E-state index contributed by atoms with van der Waals surface area (Å²) in [6.07, 6.45) is 3.77. The van der Waals surface area contributed by atoms with Crippen molar-refractivity contribution in [2.75, 3.05) is 13.7 Å². The summed E-state index contributed by atoms with van der Waals surface area (Å²) in [4.78, 5) is 12.1. The van der Waals surface area contributed by atoms with Gasteiger partial charge in [0.2, 0.25) is 0 Å². The highest BCUT2D eigenvalue weighted by Gasteiger charge is 2.33. The topological polar surface area (TPSA) is 53.3 Å². The second-order valence-corrected chi connectivity index (χ2v) is 5.05. The summed E-state index contributed by atoms with van der Waals surface area (Å²) >= 11 is 0. The first kappa shape index (κ1) is 13.7. The van der Waals surface area contributed by atoms with Crippen LogP contribution in [0.3, 0.4) is 0 Å². The minimum absolute atomic E-state index is 0.298. The summed E-state index contributed by atoms with van der Waals surface area (Å²) in [5, 5.41) is 4.39. The van der Waals surface area contributed by atoms with Crippen LogP contribution in [-0.2, 0) is 4.74 Å². The molecule has 3 rings (SSSR count). The average Bonchev–Trinajstić information content (AvgIpc) is 3.25. The monoisotopic (exact) mass is 286 g/mol.